The van der Waals surface area contributed by atoms with Gasteiger partial charge in [-0.1, -0.05) is 19.9 Å². The summed E-state index contributed by atoms with van der Waals surface area (Å²) in [5.41, 5.74) is 26.1. The lowest BCUT2D eigenvalue weighted by atomic mass is 9.74. The van der Waals surface area contributed by atoms with Crippen LogP contribution in [0.4, 0.5) is 0 Å². The first-order chi connectivity index (χ1) is 16.7. The van der Waals surface area contributed by atoms with Crippen molar-refractivity contribution in [2.24, 2.45) is 34.8 Å². The summed E-state index contributed by atoms with van der Waals surface area (Å²) in [4.78, 5) is 0. The van der Waals surface area contributed by atoms with Crippen molar-refractivity contribution in [2.75, 3.05) is 13.2 Å². The van der Waals surface area contributed by atoms with Crippen molar-refractivity contribution in [1.29, 1.82) is 0 Å². The molecule has 2 saturated carbocycles. The number of rotatable bonds is 11. The third kappa shape index (κ3) is 7.85. The molecule has 0 aromatic heterocycles. The maximum Gasteiger partial charge on any atom is 0.0919 e. The van der Waals surface area contributed by atoms with E-state index < -0.39 is 12.1 Å². The lowest BCUT2D eigenvalue weighted by Crippen LogP contribution is -2.64. The van der Waals surface area contributed by atoms with Gasteiger partial charge < -0.3 is 47.9 Å². The van der Waals surface area contributed by atoms with Crippen LogP contribution >= 0.6 is 0 Å². The number of hydrogen-bond donors (Lipinski definition) is 7. The van der Waals surface area contributed by atoms with E-state index in [1.54, 1.807) is 0 Å². The molecular formula is C26H51N5O4. The maximum atomic E-state index is 11.4. The molecule has 11 unspecified atom stereocenters. The van der Waals surface area contributed by atoms with Gasteiger partial charge in [0, 0.05) is 17.8 Å². The van der Waals surface area contributed by atoms with Crippen molar-refractivity contribution < 1.29 is 19.7 Å². The van der Waals surface area contributed by atoms with Crippen molar-refractivity contribution in [3.63, 3.8) is 0 Å². The monoisotopic (exact) mass is 497 g/mol. The minimum atomic E-state index is -0.798. The van der Waals surface area contributed by atoms with E-state index in [0.29, 0.717) is 31.7 Å². The summed E-state index contributed by atoms with van der Waals surface area (Å²) in [5, 5.41) is 24.5. The van der Waals surface area contributed by atoms with Crippen molar-refractivity contribution in [1.82, 2.24) is 5.32 Å². The van der Waals surface area contributed by atoms with Crippen LogP contribution in [0.1, 0.15) is 71.1 Å². The van der Waals surface area contributed by atoms with Gasteiger partial charge in [0.25, 0.3) is 0 Å². The molecule has 1 saturated heterocycles. The van der Waals surface area contributed by atoms with Gasteiger partial charge in [0.05, 0.1) is 49.2 Å². The zero-order chi connectivity index (χ0) is 25.5. The van der Waals surface area contributed by atoms with Gasteiger partial charge in [-0.05, 0) is 76.2 Å². The van der Waals surface area contributed by atoms with E-state index in [1.807, 2.05) is 0 Å². The van der Waals surface area contributed by atoms with Crippen molar-refractivity contribution >= 4 is 0 Å². The van der Waals surface area contributed by atoms with Crippen molar-refractivity contribution in [3.8, 4) is 0 Å². The second-order valence-corrected chi connectivity index (χ2v) is 11.3. The molecule has 3 fully saturated rings. The molecule has 0 aromatic carbocycles. The van der Waals surface area contributed by atoms with Crippen LogP contribution in [-0.4, -0.2) is 78.1 Å². The molecule has 0 spiro atoms. The van der Waals surface area contributed by atoms with Crippen LogP contribution in [0.3, 0.4) is 0 Å². The summed E-state index contributed by atoms with van der Waals surface area (Å²) in [6, 6.07) is -0.836. The van der Waals surface area contributed by atoms with Gasteiger partial charge >= 0.3 is 0 Å². The summed E-state index contributed by atoms with van der Waals surface area (Å²) < 4.78 is 12.7. The number of aliphatic hydroxyl groups excluding tert-OH is 2. The SMILES string of the molecule is C=C(CCCC)NC1C(CC2CC(N)CC(CO)O2)CC(OC2CC(CN)CCC2N)C(N)C1O. The predicted molar refractivity (Wildman–Crippen MR) is 138 cm³/mol. The molecule has 11 atom stereocenters. The lowest BCUT2D eigenvalue weighted by Gasteiger charge is -2.47. The van der Waals surface area contributed by atoms with Crippen LogP contribution in [0.2, 0.25) is 0 Å². The number of ether oxygens (including phenoxy) is 2. The fraction of sp³-hybridized carbons (Fsp3) is 0.923. The first-order valence-corrected chi connectivity index (χ1v) is 13.8. The Morgan fingerprint density at radius 1 is 1.09 bits per heavy atom. The van der Waals surface area contributed by atoms with Crippen LogP contribution in [0, 0.1) is 11.8 Å². The Balaban J connectivity index is 1.74. The fourth-order valence-electron chi connectivity index (χ4n) is 6.22. The Kier molecular flexibility index (Phi) is 11.2. The zero-order valence-electron chi connectivity index (χ0n) is 21.6. The number of nitrogens with one attached hydrogen (secondary N) is 1. The fourth-order valence-corrected chi connectivity index (χ4v) is 6.22. The van der Waals surface area contributed by atoms with E-state index >= 15 is 0 Å². The van der Waals surface area contributed by atoms with Gasteiger partial charge in [-0.3, -0.25) is 0 Å². The molecule has 0 radical (unpaired) electrons. The van der Waals surface area contributed by atoms with Gasteiger partial charge in [-0.2, -0.15) is 0 Å². The normalized spacial score (nSPS) is 42.5. The van der Waals surface area contributed by atoms with Crippen molar-refractivity contribution in [3.05, 3.63) is 12.3 Å². The van der Waals surface area contributed by atoms with Crippen molar-refractivity contribution in [2.45, 2.75) is 126 Å². The molecule has 1 heterocycles. The molecular weight excluding hydrogens is 446 g/mol. The highest BCUT2D eigenvalue weighted by atomic mass is 16.5. The smallest absolute Gasteiger partial charge is 0.0919 e. The Bertz CT molecular complexity index is 655. The Morgan fingerprint density at radius 3 is 2.51 bits per heavy atom. The second-order valence-electron chi connectivity index (χ2n) is 11.3. The topological polar surface area (TPSA) is 175 Å². The van der Waals surface area contributed by atoms with E-state index in [4.69, 9.17) is 32.4 Å². The highest BCUT2D eigenvalue weighted by molar-refractivity contribution is 5.06. The molecule has 35 heavy (non-hydrogen) atoms. The molecule has 11 N–H and O–H groups in total. The van der Waals surface area contributed by atoms with Gasteiger partial charge in [-0.15, -0.1) is 0 Å². The Morgan fingerprint density at radius 2 is 1.83 bits per heavy atom. The molecule has 9 heteroatoms. The van der Waals surface area contributed by atoms with E-state index in [-0.39, 0.29) is 55.1 Å². The van der Waals surface area contributed by atoms with Crippen LogP contribution in [0.15, 0.2) is 12.3 Å². The number of allylic oxidation sites excluding steroid dienone is 1. The second kappa shape index (κ2) is 13.7. The van der Waals surface area contributed by atoms with Crippen LogP contribution in [-0.2, 0) is 9.47 Å². The number of unbranched alkanes of at least 4 members (excludes halogenated alkanes) is 1. The molecule has 2 aliphatic carbocycles. The van der Waals surface area contributed by atoms with Gasteiger partial charge in [0.1, 0.15) is 0 Å². The third-order valence-electron chi connectivity index (χ3n) is 8.36. The number of nitrogens with two attached hydrogens (primary N) is 4. The summed E-state index contributed by atoms with van der Waals surface area (Å²) >= 11 is 0. The molecule has 0 amide bonds. The van der Waals surface area contributed by atoms with E-state index in [1.165, 1.54) is 0 Å². The Labute approximate surface area is 211 Å². The third-order valence-corrected chi connectivity index (χ3v) is 8.36. The average molecular weight is 498 g/mol. The quantitative estimate of drug-likeness (QED) is 0.214. The predicted octanol–water partition coefficient (Wildman–Crippen LogP) is 0.454. The zero-order valence-corrected chi connectivity index (χ0v) is 21.6. The molecule has 3 aliphatic rings. The standard InChI is InChI=1S/C26H51N5O4/c1-3-4-5-15(2)31-25-17(9-19-11-18(28)12-20(14-32)34-19)10-23(24(30)26(25)33)35-22-8-16(13-27)6-7-21(22)29/h16-26,31-33H,2-14,27-30H2,1H3. The summed E-state index contributed by atoms with van der Waals surface area (Å²) in [6.07, 6.45) is 6.95. The molecule has 3 rings (SSSR count). The molecule has 9 nitrogen and oxygen atoms in total. The molecule has 204 valence electrons. The first-order valence-electron chi connectivity index (χ1n) is 13.8. The minimum absolute atomic E-state index is 0.00641. The van der Waals surface area contributed by atoms with Crippen LogP contribution < -0.4 is 28.3 Å². The van der Waals surface area contributed by atoms with E-state index in [0.717, 1.165) is 50.6 Å². The van der Waals surface area contributed by atoms with E-state index in [2.05, 4.69) is 18.8 Å². The minimum Gasteiger partial charge on any atom is -0.394 e. The summed E-state index contributed by atoms with van der Waals surface area (Å²) in [7, 11) is 0. The number of hydrogen-bond acceptors (Lipinski definition) is 9. The van der Waals surface area contributed by atoms with Gasteiger partial charge in [0.2, 0.25) is 0 Å². The molecule has 0 bridgehead atoms. The number of aliphatic hydroxyl groups is 2. The van der Waals surface area contributed by atoms with Crippen LogP contribution in [0.5, 0.6) is 0 Å². The first kappa shape index (κ1) is 28.8. The van der Waals surface area contributed by atoms with Crippen LogP contribution in [0.25, 0.3) is 0 Å². The summed E-state index contributed by atoms with van der Waals surface area (Å²) in [6.45, 7) is 6.94. The highest BCUT2D eigenvalue weighted by Crippen LogP contribution is 2.36. The maximum absolute atomic E-state index is 11.4. The average Bonchev–Trinajstić information content (AvgIpc) is 2.84. The Hall–Kier alpha value is -0.780. The largest absolute Gasteiger partial charge is 0.394 e. The highest BCUT2D eigenvalue weighted by Gasteiger charge is 2.46. The summed E-state index contributed by atoms with van der Waals surface area (Å²) in [5.74, 6) is 0.456. The lowest BCUT2D eigenvalue weighted by molar-refractivity contribution is -0.127. The van der Waals surface area contributed by atoms with E-state index in [9.17, 15) is 10.2 Å². The molecule has 0 aromatic rings. The van der Waals surface area contributed by atoms with Gasteiger partial charge in [0.15, 0.2) is 0 Å². The van der Waals surface area contributed by atoms with Gasteiger partial charge in [-0.25, -0.2) is 0 Å². The molecule has 1 aliphatic heterocycles.